The zero-order chi connectivity index (χ0) is 10.6. The Labute approximate surface area is 84.1 Å². The van der Waals surface area contributed by atoms with E-state index in [1.807, 2.05) is 6.92 Å². The number of aromatic nitrogens is 2. The van der Waals surface area contributed by atoms with Gasteiger partial charge in [0.15, 0.2) is 5.78 Å². The number of hydrogen-bond donors (Lipinski definition) is 1. The van der Waals surface area contributed by atoms with Crippen LogP contribution in [0.15, 0.2) is 12.3 Å². The van der Waals surface area contributed by atoms with Crippen LogP contribution >= 0.6 is 0 Å². The molecule has 2 N–H and O–H groups in total. The van der Waals surface area contributed by atoms with Crippen LogP contribution in [0.1, 0.15) is 30.3 Å². The Balaban J connectivity index is 2.43. The number of carbonyl (C=O) groups is 1. The Morgan fingerprint density at radius 1 is 1.71 bits per heavy atom. The fourth-order valence-corrected chi connectivity index (χ4v) is 1.19. The number of hydrogen-bond acceptors (Lipinski definition) is 3. The number of rotatable bonds is 5. The lowest BCUT2D eigenvalue weighted by atomic mass is 10.0. The van der Waals surface area contributed by atoms with Crippen LogP contribution in [0.5, 0.6) is 0 Å². The third kappa shape index (κ3) is 2.96. The molecule has 0 bridgehead atoms. The van der Waals surface area contributed by atoms with Crippen LogP contribution in [0.4, 0.5) is 0 Å². The molecule has 1 aromatic heterocycles. The highest BCUT2D eigenvalue weighted by Gasteiger charge is 2.10. The summed E-state index contributed by atoms with van der Waals surface area (Å²) < 4.78 is 1.64. The van der Waals surface area contributed by atoms with E-state index in [0.717, 1.165) is 6.42 Å². The fourth-order valence-electron chi connectivity index (χ4n) is 1.19. The molecule has 0 aliphatic rings. The maximum atomic E-state index is 11.6. The first kappa shape index (κ1) is 10.9. The van der Waals surface area contributed by atoms with Crippen molar-refractivity contribution in [2.24, 2.45) is 18.7 Å². The summed E-state index contributed by atoms with van der Waals surface area (Å²) in [5.74, 6) is 0.508. The zero-order valence-electron chi connectivity index (χ0n) is 8.73. The van der Waals surface area contributed by atoms with Gasteiger partial charge < -0.3 is 5.73 Å². The zero-order valence-corrected chi connectivity index (χ0v) is 8.73. The summed E-state index contributed by atoms with van der Waals surface area (Å²) >= 11 is 0. The van der Waals surface area contributed by atoms with Crippen LogP contribution < -0.4 is 5.73 Å². The number of ketones is 1. The van der Waals surface area contributed by atoms with Crippen molar-refractivity contribution in [2.75, 3.05) is 6.54 Å². The van der Waals surface area contributed by atoms with Crippen molar-refractivity contribution in [2.45, 2.75) is 19.8 Å². The van der Waals surface area contributed by atoms with E-state index in [9.17, 15) is 4.79 Å². The number of nitrogens with zero attached hydrogens (tertiary/aromatic N) is 2. The number of carbonyl (C=O) groups excluding carboxylic acids is 1. The average molecular weight is 195 g/mol. The SMILES string of the molecule is CC(CN)CCC(=O)c1ccn(C)n1. The molecule has 1 atom stereocenters. The number of aryl methyl sites for hydroxylation is 1. The Morgan fingerprint density at radius 2 is 2.43 bits per heavy atom. The molecule has 1 aromatic rings. The summed E-state index contributed by atoms with van der Waals surface area (Å²) in [4.78, 5) is 11.6. The lowest BCUT2D eigenvalue weighted by Crippen LogP contribution is -2.12. The molecular formula is C10H17N3O. The third-order valence-electron chi connectivity index (χ3n) is 2.27. The summed E-state index contributed by atoms with van der Waals surface area (Å²) in [7, 11) is 1.80. The maximum Gasteiger partial charge on any atom is 0.183 e. The lowest BCUT2D eigenvalue weighted by Gasteiger charge is -2.05. The standard InChI is InChI=1S/C10H17N3O/c1-8(7-11)3-4-10(14)9-5-6-13(2)12-9/h5-6,8H,3-4,7,11H2,1-2H3. The predicted molar refractivity (Wildman–Crippen MR) is 55.0 cm³/mol. The largest absolute Gasteiger partial charge is 0.330 e. The van der Waals surface area contributed by atoms with E-state index in [1.54, 1.807) is 24.0 Å². The van der Waals surface area contributed by atoms with Crippen LogP contribution in [0.2, 0.25) is 0 Å². The Kier molecular flexibility index (Phi) is 3.83. The average Bonchev–Trinajstić information content (AvgIpc) is 2.60. The van der Waals surface area contributed by atoms with Gasteiger partial charge in [0.05, 0.1) is 0 Å². The summed E-state index contributed by atoms with van der Waals surface area (Å²) in [6.07, 6.45) is 3.15. The van der Waals surface area contributed by atoms with Gasteiger partial charge in [-0.15, -0.1) is 0 Å². The molecule has 4 heteroatoms. The van der Waals surface area contributed by atoms with Crippen molar-refractivity contribution in [1.29, 1.82) is 0 Å². The van der Waals surface area contributed by atoms with Gasteiger partial charge in [-0.05, 0) is 24.9 Å². The van der Waals surface area contributed by atoms with Gasteiger partial charge in [-0.3, -0.25) is 9.48 Å². The molecule has 4 nitrogen and oxygen atoms in total. The molecule has 1 heterocycles. The number of nitrogens with two attached hydrogens (primary N) is 1. The van der Waals surface area contributed by atoms with E-state index in [0.29, 0.717) is 24.6 Å². The normalized spacial score (nSPS) is 12.8. The summed E-state index contributed by atoms with van der Waals surface area (Å²) in [5, 5.41) is 4.05. The van der Waals surface area contributed by atoms with Gasteiger partial charge in [-0.1, -0.05) is 6.92 Å². The quantitative estimate of drug-likeness (QED) is 0.712. The third-order valence-corrected chi connectivity index (χ3v) is 2.27. The van der Waals surface area contributed by atoms with Crippen molar-refractivity contribution in [3.05, 3.63) is 18.0 Å². The van der Waals surface area contributed by atoms with Crippen molar-refractivity contribution in [3.63, 3.8) is 0 Å². The summed E-state index contributed by atoms with van der Waals surface area (Å²) in [6.45, 7) is 2.68. The predicted octanol–water partition coefficient (Wildman–Crippen LogP) is 0.978. The van der Waals surface area contributed by atoms with Crippen LogP contribution in [0.3, 0.4) is 0 Å². The monoisotopic (exact) mass is 195 g/mol. The molecule has 14 heavy (non-hydrogen) atoms. The first-order valence-corrected chi connectivity index (χ1v) is 4.86. The molecule has 1 rings (SSSR count). The van der Waals surface area contributed by atoms with Gasteiger partial charge in [0.1, 0.15) is 5.69 Å². The number of Topliss-reactive ketones (excluding diaryl/α,β-unsaturated/α-hetero) is 1. The maximum absolute atomic E-state index is 11.6. The van der Waals surface area contributed by atoms with Crippen molar-refractivity contribution >= 4 is 5.78 Å². The molecule has 1 unspecified atom stereocenters. The topological polar surface area (TPSA) is 60.9 Å². The summed E-state index contributed by atoms with van der Waals surface area (Å²) in [5.41, 5.74) is 6.02. The lowest BCUT2D eigenvalue weighted by molar-refractivity contribution is 0.0969. The van der Waals surface area contributed by atoms with Crippen LogP contribution in [-0.2, 0) is 7.05 Å². The van der Waals surface area contributed by atoms with Gasteiger partial charge in [0.25, 0.3) is 0 Å². The van der Waals surface area contributed by atoms with Gasteiger partial charge in [-0.2, -0.15) is 5.10 Å². The Morgan fingerprint density at radius 3 is 2.93 bits per heavy atom. The van der Waals surface area contributed by atoms with E-state index in [2.05, 4.69) is 5.10 Å². The molecule has 0 fully saturated rings. The molecule has 0 saturated carbocycles. The van der Waals surface area contributed by atoms with E-state index in [4.69, 9.17) is 5.73 Å². The molecule has 0 amide bonds. The molecule has 0 radical (unpaired) electrons. The van der Waals surface area contributed by atoms with Crippen molar-refractivity contribution in [1.82, 2.24) is 9.78 Å². The minimum Gasteiger partial charge on any atom is -0.330 e. The molecular weight excluding hydrogens is 178 g/mol. The van der Waals surface area contributed by atoms with Gasteiger partial charge >= 0.3 is 0 Å². The highest BCUT2D eigenvalue weighted by Crippen LogP contribution is 2.08. The highest BCUT2D eigenvalue weighted by atomic mass is 16.1. The Hall–Kier alpha value is -1.16. The second kappa shape index (κ2) is 4.91. The minimum atomic E-state index is 0.103. The molecule has 78 valence electrons. The molecule has 0 aromatic carbocycles. The molecule has 0 spiro atoms. The first-order chi connectivity index (χ1) is 6.63. The highest BCUT2D eigenvalue weighted by molar-refractivity contribution is 5.94. The first-order valence-electron chi connectivity index (χ1n) is 4.86. The molecule has 0 saturated heterocycles. The van der Waals surface area contributed by atoms with Gasteiger partial charge in [0.2, 0.25) is 0 Å². The van der Waals surface area contributed by atoms with Crippen LogP contribution in [-0.4, -0.2) is 22.1 Å². The second-order valence-corrected chi connectivity index (χ2v) is 3.68. The Bertz CT molecular complexity index is 306. The van der Waals surface area contributed by atoms with Gasteiger partial charge in [-0.25, -0.2) is 0 Å². The van der Waals surface area contributed by atoms with Crippen LogP contribution in [0, 0.1) is 5.92 Å². The van der Waals surface area contributed by atoms with E-state index in [-0.39, 0.29) is 5.78 Å². The smallest absolute Gasteiger partial charge is 0.183 e. The van der Waals surface area contributed by atoms with E-state index in [1.165, 1.54) is 0 Å². The fraction of sp³-hybridized carbons (Fsp3) is 0.600. The summed E-state index contributed by atoms with van der Waals surface area (Å²) in [6, 6.07) is 1.75. The van der Waals surface area contributed by atoms with Crippen molar-refractivity contribution < 1.29 is 4.79 Å². The molecule has 0 aliphatic heterocycles. The van der Waals surface area contributed by atoms with Gasteiger partial charge in [0, 0.05) is 19.7 Å². The van der Waals surface area contributed by atoms with E-state index >= 15 is 0 Å². The van der Waals surface area contributed by atoms with Crippen LogP contribution in [0.25, 0.3) is 0 Å². The van der Waals surface area contributed by atoms with E-state index < -0.39 is 0 Å². The second-order valence-electron chi connectivity index (χ2n) is 3.68. The molecule has 0 aliphatic carbocycles. The van der Waals surface area contributed by atoms with Crippen molar-refractivity contribution in [3.8, 4) is 0 Å². The minimum absolute atomic E-state index is 0.103.